The summed E-state index contributed by atoms with van der Waals surface area (Å²) in [4.78, 5) is 25.6. The van der Waals surface area contributed by atoms with Crippen molar-refractivity contribution in [3.05, 3.63) is 35.9 Å². The van der Waals surface area contributed by atoms with Crippen LogP contribution in [0.5, 0.6) is 0 Å². The predicted molar refractivity (Wildman–Crippen MR) is 90.4 cm³/mol. The fraction of sp³-hybridized carbons (Fsp3) is 0.474. The molecule has 3 atom stereocenters. The van der Waals surface area contributed by atoms with Crippen molar-refractivity contribution in [3.8, 4) is 11.8 Å². The average Bonchev–Trinajstić information content (AvgIpc) is 2.56. The van der Waals surface area contributed by atoms with Gasteiger partial charge in [-0.2, -0.15) is 0 Å². The molecule has 1 amide bonds. The number of carbonyl (C=O) groups is 2. The van der Waals surface area contributed by atoms with Gasteiger partial charge in [-0.15, -0.1) is 11.8 Å². The molecule has 0 aliphatic heterocycles. The van der Waals surface area contributed by atoms with Crippen molar-refractivity contribution in [2.24, 2.45) is 5.92 Å². The Bertz CT molecular complexity index is 586. The van der Waals surface area contributed by atoms with Crippen LogP contribution >= 0.6 is 0 Å². The largest absolute Gasteiger partial charge is 0.455 e. The van der Waals surface area contributed by atoms with Crippen molar-refractivity contribution < 1.29 is 14.3 Å². The standard InChI is InChI=1S/C19H25NO3/c1-6-7-11-14(2)19(22)20(5)15(3)18(23-16(4)21)17-12-9-8-10-13-17/h8-10,12-15,18H,11H2,1-5H3/t14?,15-,18+/m1/s1. The summed E-state index contributed by atoms with van der Waals surface area (Å²) in [6.45, 7) is 6.88. The van der Waals surface area contributed by atoms with Gasteiger partial charge < -0.3 is 9.64 Å². The molecule has 4 heteroatoms. The third-order valence-corrected chi connectivity index (χ3v) is 3.82. The molecule has 0 saturated heterocycles. The number of ether oxygens (including phenoxy) is 1. The van der Waals surface area contributed by atoms with Gasteiger partial charge in [0.25, 0.3) is 0 Å². The Morgan fingerprint density at radius 2 is 1.83 bits per heavy atom. The lowest BCUT2D eigenvalue weighted by molar-refractivity contribution is -0.154. The normalized spacial score (nSPS) is 14.0. The second-order valence-electron chi connectivity index (χ2n) is 5.66. The van der Waals surface area contributed by atoms with Gasteiger partial charge in [0, 0.05) is 26.3 Å². The van der Waals surface area contributed by atoms with E-state index in [1.807, 2.05) is 44.2 Å². The minimum atomic E-state index is -0.493. The maximum Gasteiger partial charge on any atom is 0.303 e. The quantitative estimate of drug-likeness (QED) is 0.598. The zero-order valence-electron chi connectivity index (χ0n) is 14.5. The maximum absolute atomic E-state index is 12.5. The third-order valence-electron chi connectivity index (χ3n) is 3.82. The number of esters is 1. The molecule has 0 spiro atoms. The first-order chi connectivity index (χ1) is 10.9. The predicted octanol–water partition coefficient (Wildman–Crippen LogP) is 3.19. The first-order valence-corrected chi connectivity index (χ1v) is 7.76. The molecule has 0 aliphatic carbocycles. The first kappa shape index (κ1) is 18.8. The summed E-state index contributed by atoms with van der Waals surface area (Å²) in [7, 11) is 1.74. The van der Waals surface area contributed by atoms with E-state index in [1.165, 1.54) is 6.92 Å². The van der Waals surface area contributed by atoms with E-state index in [-0.39, 0.29) is 23.8 Å². The van der Waals surface area contributed by atoms with Crippen LogP contribution in [0.4, 0.5) is 0 Å². The van der Waals surface area contributed by atoms with E-state index in [1.54, 1.807) is 18.9 Å². The topological polar surface area (TPSA) is 46.6 Å². The molecule has 23 heavy (non-hydrogen) atoms. The van der Waals surface area contributed by atoms with Crippen LogP contribution in [0.2, 0.25) is 0 Å². The van der Waals surface area contributed by atoms with Crippen LogP contribution in [0.3, 0.4) is 0 Å². The van der Waals surface area contributed by atoms with Crippen molar-refractivity contribution in [1.82, 2.24) is 4.90 Å². The highest BCUT2D eigenvalue weighted by Gasteiger charge is 2.30. The van der Waals surface area contributed by atoms with Gasteiger partial charge in [-0.25, -0.2) is 0 Å². The molecule has 1 aromatic carbocycles. The number of carbonyl (C=O) groups excluding carboxylic acids is 2. The van der Waals surface area contributed by atoms with Gasteiger partial charge in [0.05, 0.1) is 6.04 Å². The fourth-order valence-electron chi connectivity index (χ4n) is 2.36. The van der Waals surface area contributed by atoms with Crippen LogP contribution in [0.1, 0.15) is 45.8 Å². The Morgan fingerprint density at radius 1 is 1.22 bits per heavy atom. The molecular weight excluding hydrogens is 290 g/mol. The summed E-state index contributed by atoms with van der Waals surface area (Å²) >= 11 is 0. The molecular formula is C19H25NO3. The zero-order valence-corrected chi connectivity index (χ0v) is 14.5. The van der Waals surface area contributed by atoms with Crippen LogP contribution in [-0.2, 0) is 14.3 Å². The van der Waals surface area contributed by atoms with Crippen LogP contribution in [0, 0.1) is 17.8 Å². The highest BCUT2D eigenvalue weighted by Crippen LogP contribution is 2.25. The molecule has 0 N–H and O–H groups in total. The number of hydrogen-bond acceptors (Lipinski definition) is 3. The Kier molecular flexibility index (Phi) is 7.34. The lowest BCUT2D eigenvalue weighted by Crippen LogP contribution is -2.42. The van der Waals surface area contributed by atoms with Crippen molar-refractivity contribution in [3.63, 3.8) is 0 Å². The van der Waals surface area contributed by atoms with E-state index in [4.69, 9.17) is 4.74 Å². The molecule has 0 saturated carbocycles. The molecule has 1 unspecified atom stereocenters. The molecule has 1 aromatic rings. The summed E-state index contributed by atoms with van der Waals surface area (Å²) in [5.41, 5.74) is 0.871. The maximum atomic E-state index is 12.5. The van der Waals surface area contributed by atoms with E-state index >= 15 is 0 Å². The summed E-state index contributed by atoms with van der Waals surface area (Å²) in [5.74, 6) is 5.18. The van der Waals surface area contributed by atoms with Crippen molar-refractivity contribution >= 4 is 11.9 Å². The molecule has 0 bridgehead atoms. The number of rotatable bonds is 6. The Morgan fingerprint density at radius 3 is 2.35 bits per heavy atom. The third kappa shape index (κ3) is 5.45. The zero-order chi connectivity index (χ0) is 17.4. The molecule has 4 nitrogen and oxygen atoms in total. The highest BCUT2D eigenvalue weighted by molar-refractivity contribution is 5.79. The monoisotopic (exact) mass is 315 g/mol. The van der Waals surface area contributed by atoms with E-state index in [2.05, 4.69) is 11.8 Å². The van der Waals surface area contributed by atoms with Crippen LogP contribution in [0.25, 0.3) is 0 Å². The fourth-order valence-corrected chi connectivity index (χ4v) is 2.36. The number of hydrogen-bond donors (Lipinski definition) is 0. The Hall–Kier alpha value is -2.28. The van der Waals surface area contributed by atoms with Crippen LogP contribution in [0.15, 0.2) is 30.3 Å². The van der Waals surface area contributed by atoms with E-state index in [0.717, 1.165) is 5.56 Å². The summed E-state index contributed by atoms with van der Waals surface area (Å²) in [6.07, 6.45) is 0.0304. The minimum absolute atomic E-state index is 0.00617. The second-order valence-corrected chi connectivity index (χ2v) is 5.66. The van der Waals surface area contributed by atoms with Gasteiger partial charge in [0.1, 0.15) is 6.10 Å². The van der Waals surface area contributed by atoms with Gasteiger partial charge >= 0.3 is 5.97 Å². The van der Waals surface area contributed by atoms with Crippen LogP contribution < -0.4 is 0 Å². The Balaban J connectivity index is 2.94. The number of nitrogens with zero attached hydrogens (tertiary/aromatic N) is 1. The molecule has 0 aromatic heterocycles. The molecule has 0 aliphatic rings. The highest BCUT2D eigenvalue weighted by atomic mass is 16.5. The summed E-state index contributed by atoms with van der Waals surface area (Å²) in [5, 5.41) is 0. The molecule has 0 radical (unpaired) electrons. The SMILES string of the molecule is CC#CCC(C)C(=O)N(C)[C@H](C)[C@H](OC(C)=O)c1ccccc1. The number of likely N-dealkylation sites (N-methyl/N-ethyl adjacent to an activating group) is 1. The average molecular weight is 315 g/mol. The lowest BCUT2D eigenvalue weighted by atomic mass is 10.00. The van der Waals surface area contributed by atoms with Crippen molar-refractivity contribution in [2.45, 2.75) is 46.3 Å². The molecule has 0 heterocycles. The van der Waals surface area contributed by atoms with Gasteiger partial charge in [0.2, 0.25) is 5.91 Å². The lowest BCUT2D eigenvalue weighted by Gasteiger charge is -2.33. The van der Waals surface area contributed by atoms with E-state index < -0.39 is 6.10 Å². The van der Waals surface area contributed by atoms with Gasteiger partial charge in [-0.3, -0.25) is 9.59 Å². The minimum Gasteiger partial charge on any atom is -0.455 e. The van der Waals surface area contributed by atoms with Crippen molar-refractivity contribution in [1.29, 1.82) is 0 Å². The number of amides is 1. The number of benzene rings is 1. The van der Waals surface area contributed by atoms with Gasteiger partial charge in [0.15, 0.2) is 0 Å². The molecule has 0 fully saturated rings. The van der Waals surface area contributed by atoms with E-state index in [0.29, 0.717) is 6.42 Å². The first-order valence-electron chi connectivity index (χ1n) is 7.76. The smallest absolute Gasteiger partial charge is 0.303 e. The summed E-state index contributed by atoms with van der Waals surface area (Å²) in [6, 6.07) is 9.20. The van der Waals surface area contributed by atoms with Crippen molar-refractivity contribution in [2.75, 3.05) is 7.05 Å². The van der Waals surface area contributed by atoms with Crippen LogP contribution in [-0.4, -0.2) is 29.9 Å². The molecule has 124 valence electrons. The second kappa shape index (κ2) is 8.99. The molecule has 1 rings (SSSR count). The summed E-state index contributed by atoms with van der Waals surface area (Å²) < 4.78 is 5.47. The van der Waals surface area contributed by atoms with E-state index in [9.17, 15) is 9.59 Å². The van der Waals surface area contributed by atoms with Gasteiger partial charge in [-0.05, 0) is 19.4 Å². The van der Waals surface area contributed by atoms with Gasteiger partial charge in [-0.1, -0.05) is 37.3 Å². The Labute approximate surface area is 138 Å².